The van der Waals surface area contributed by atoms with Crippen molar-refractivity contribution in [3.05, 3.63) is 60.8 Å². The van der Waals surface area contributed by atoms with Crippen LogP contribution in [-0.2, 0) is 37.5 Å². The van der Waals surface area contributed by atoms with Crippen LogP contribution in [0.1, 0.15) is 181 Å². The van der Waals surface area contributed by atoms with Crippen LogP contribution in [0.25, 0.3) is 0 Å². The Kier molecular flexibility index (Phi) is 38.9. The molecule has 0 rings (SSSR count). The van der Waals surface area contributed by atoms with Gasteiger partial charge >= 0.3 is 25.7 Å². The van der Waals surface area contributed by atoms with Gasteiger partial charge in [0.15, 0.2) is 6.10 Å². The molecule has 4 N–H and O–H groups in total. The Labute approximate surface area is 351 Å². The van der Waals surface area contributed by atoms with Crippen molar-refractivity contribution >= 4 is 25.7 Å². The molecule has 3 unspecified atom stereocenters. The zero-order valence-corrected chi connectivity index (χ0v) is 37.0. The summed E-state index contributed by atoms with van der Waals surface area (Å²) in [4.78, 5) is 46.0. The first-order valence-electron chi connectivity index (χ1n) is 22.3. The van der Waals surface area contributed by atoms with Gasteiger partial charge in [-0.3, -0.25) is 23.4 Å². The lowest BCUT2D eigenvalue weighted by Crippen LogP contribution is -2.34. The molecule has 0 aromatic heterocycles. The average molecular weight is 838 g/mol. The number of allylic oxidation sites excluding steroid dienone is 10. The molecule has 0 aliphatic heterocycles. The zero-order valence-electron chi connectivity index (χ0n) is 36.1. The molecule has 0 heterocycles. The summed E-state index contributed by atoms with van der Waals surface area (Å²) in [7, 11) is -4.73. The Morgan fingerprint density at radius 2 is 0.966 bits per heavy atom. The number of hydrogen-bond donors (Lipinski definition) is 3. The number of phosphoric ester groups is 1. The second-order valence-electron chi connectivity index (χ2n) is 14.8. The van der Waals surface area contributed by atoms with E-state index in [9.17, 15) is 23.8 Å². The van der Waals surface area contributed by atoms with E-state index in [1.807, 2.05) is 0 Å². The van der Waals surface area contributed by atoms with Crippen LogP contribution in [0.2, 0.25) is 0 Å². The number of nitrogens with two attached hydrogens (primary N) is 1. The molecule has 12 heteroatoms. The smallest absolute Gasteiger partial charge is 0.472 e. The van der Waals surface area contributed by atoms with Crippen molar-refractivity contribution in [1.29, 1.82) is 0 Å². The normalized spacial score (nSPS) is 14.3. The molecule has 0 spiro atoms. The predicted molar refractivity (Wildman–Crippen MR) is 235 cm³/mol. The monoisotopic (exact) mass is 838 g/mol. The van der Waals surface area contributed by atoms with E-state index in [0.717, 1.165) is 70.6 Å². The number of unbranched alkanes of at least 4 members (excludes halogenated alkanes) is 17. The van der Waals surface area contributed by atoms with Gasteiger partial charge in [0.2, 0.25) is 0 Å². The molecule has 58 heavy (non-hydrogen) atoms. The highest BCUT2D eigenvalue weighted by Crippen LogP contribution is 2.43. The summed E-state index contributed by atoms with van der Waals surface area (Å²) >= 11 is 0. The fourth-order valence-electron chi connectivity index (χ4n) is 5.80. The molecule has 0 aromatic rings. The van der Waals surface area contributed by atoms with Crippen molar-refractivity contribution in [2.45, 2.75) is 193 Å². The molecular weight excluding hydrogens is 757 g/mol. The number of carboxylic acid groups (broad SMARTS) is 1. The van der Waals surface area contributed by atoms with Crippen LogP contribution in [0.15, 0.2) is 60.8 Å². The number of carbonyl (C=O) groups excluding carboxylic acids is 2. The van der Waals surface area contributed by atoms with Crippen LogP contribution in [-0.4, -0.2) is 59.9 Å². The number of carboxylic acids is 1. The van der Waals surface area contributed by atoms with Crippen molar-refractivity contribution in [3.63, 3.8) is 0 Å². The lowest BCUT2D eigenvalue weighted by molar-refractivity contribution is -0.161. The maximum Gasteiger partial charge on any atom is 0.472 e. The van der Waals surface area contributed by atoms with Gasteiger partial charge in [0.05, 0.1) is 13.2 Å². The van der Waals surface area contributed by atoms with Gasteiger partial charge in [-0.2, -0.15) is 0 Å². The average Bonchev–Trinajstić information content (AvgIpc) is 3.20. The van der Waals surface area contributed by atoms with Gasteiger partial charge in [0, 0.05) is 12.8 Å². The van der Waals surface area contributed by atoms with Crippen LogP contribution in [0, 0.1) is 0 Å². The second kappa shape index (κ2) is 40.9. The first-order valence-corrected chi connectivity index (χ1v) is 23.8. The largest absolute Gasteiger partial charge is 0.480 e. The van der Waals surface area contributed by atoms with Crippen LogP contribution in [0.4, 0.5) is 0 Å². The molecule has 0 radical (unpaired) electrons. The molecule has 334 valence electrons. The third-order valence-corrected chi connectivity index (χ3v) is 10.2. The van der Waals surface area contributed by atoms with Crippen LogP contribution < -0.4 is 5.73 Å². The highest BCUT2D eigenvalue weighted by Gasteiger charge is 2.28. The van der Waals surface area contributed by atoms with E-state index in [1.54, 1.807) is 0 Å². The predicted octanol–water partition coefficient (Wildman–Crippen LogP) is 12.0. The Morgan fingerprint density at radius 3 is 1.45 bits per heavy atom. The van der Waals surface area contributed by atoms with E-state index >= 15 is 0 Å². The van der Waals surface area contributed by atoms with Crippen molar-refractivity contribution < 1.29 is 47.5 Å². The van der Waals surface area contributed by atoms with Gasteiger partial charge in [-0.25, -0.2) is 4.57 Å². The van der Waals surface area contributed by atoms with Gasteiger partial charge < -0.3 is 25.2 Å². The molecule has 11 nitrogen and oxygen atoms in total. The highest BCUT2D eigenvalue weighted by molar-refractivity contribution is 7.47. The van der Waals surface area contributed by atoms with E-state index < -0.39 is 51.1 Å². The number of carbonyl (C=O) groups is 3. The minimum Gasteiger partial charge on any atom is -0.480 e. The quantitative estimate of drug-likeness (QED) is 0.0231. The van der Waals surface area contributed by atoms with E-state index in [2.05, 4.69) is 79.1 Å². The van der Waals surface area contributed by atoms with Crippen LogP contribution in [0.5, 0.6) is 0 Å². The van der Waals surface area contributed by atoms with Crippen molar-refractivity contribution in [3.8, 4) is 0 Å². The molecule has 0 aliphatic carbocycles. The molecule has 0 fully saturated rings. The minimum absolute atomic E-state index is 0.121. The summed E-state index contributed by atoms with van der Waals surface area (Å²) in [6.07, 6.45) is 47.1. The fraction of sp³-hybridized carbons (Fsp3) is 0.717. The van der Waals surface area contributed by atoms with Crippen LogP contribution >= 0.6 is 7.82 Å². The van der Waals surface area contributed by atoms with Crippen molar-refractivity contribution in [2.24, 2.45) is 5.73 Å². The van der Waals surface area contributed by atoms with E-state index in [4.69, 9.17) is 24.8 Å². The van der Waals surface area contributed by atoms with Crippen molar-refractivity contribution in [2.75, 3.05) is 19.8 Å². The zero-order chi connectivity index (χ0) is 42.8. The summed E-state index contributed by atoms with van der Waals surface area (Å²) in [5.41, 5.74) is 5.33. The SMILES string of the molecule is CCC=CCC=CCC=CCC=CCC=CCCCCCC(=O)OC(COC(=O)CCCCCCCCCCCCCCCCC)COP(=O)(O)OCC(N)C(=O)O. The number of esters is 2. The number of aliphatic carboxylic acids is 1. The molecule has 3 atom stereocenters. The summed E-state index contributed by atoms with van der Waals surface area (Å²) < 4.78 is 32.7. The summed E-state index contributed by atoms with van der Waals surface area (Å²) in [6, 6.07) is -1.53. The van der Waals surface area contributed by atoms with Gasteiger partial charge in [-0.15, -0.1) is 0 Å². The molecule has 0 bridgehead atoms. The van der Waals surface area contributed by atoms with Gasteiger partial charge in [-0.05, 0) is 57.8 Å². The maximum absolute atomic E-state index is 12.6. The molecular formula is C46H80NO10P. The molecule has 0 amide bonds. The summed E-state index contributed by atoms with van der Waals surface area (Å²) in [5.74, 6) is -2.42. The molecule has 0 saturated heterocycles. The number of hydrogen-bond acceptors (Lipinski definition) is 9. The standard InChI is InChI=1S/C46H80NO10P/c1-3-5-7-9-11-13-15-17-19-20-21-22-24-26-28-30-32-34-36-38-45(49)57-42(40-55-58(52,53)56-41-43(47)46(50)51)39-54-44(48)37-35-33-31-29-27-25-23-18-16-14-12-10-8-6-4-2/h5,7,11,13,17,19,21-22,26,28,42-43H,3-4,6,8-10,12,14-16,18,20,23-25,27,29-41,47H2,1-2H3,(H,50,51)(H,52,53). The Balaban J connectivity index is 4.42. The summed E-state index contributed by atoms with van der Waals surface area (Å²) in [5, 5.41) is 8.89. The third-order valence-electron chi connectivity index (χ3n) is 9.28. The maximum atomic E-state index is 12.6. The van der Waals surface area contributed by atoms with Gasteiger partial charge in [0.25, 0.3) is 0 Å². The Bertz CT molecular complexity index is 1210. The lowest BCUT2D eigenvalue weighted by Gasteiger charge is -2.20. The number of rotatable bonds is 41. The number of ether oxygens (including phenoxy) is 2. The minimum atomic E-state index is -4.73. The second-order valence-corrected chi connectivity index (χ2v) is 16.3. The first kappa shape index (κ1) is 55.2. The van der Waals surface area contributed by atoms with E-state index in [-0.39, 0.29) is 19.4 Å². The topological polar surface area (TPSA) is 172 Å². The molecule has 0 saturated carbocycles. The van der Waals surface area contributed by atoms with Crippen LogP contribution in [0.3, 0.4) is 0 Å². The number of phosphoric acid groups is 1. The van der Waals surface area contributed by atoms with E-state index in [1.165, 1.54) is 70.6 Å². The van der Waals surface area contributed by atoms with Gasteiger partial charge in [-0.1, -0.05) is 171 Å². The fourth-order valence-corrected chi connectivity index (χ4v) is 6.58. The molecule has 0 aromatic carbocycles. The lowest BCUT2D eigenvalue weighted by atomic mass is 10.0. The summed E-state index contributed by atoms with van der Waals surface area (Å²) in [6.45, 7) is 2.66. The van der Waals surface area contributed by atoms with Gasteiger partial charge in [0.1, 0.15) is 12.6 Å². The highest BCUT2D eigenvalue weighted by atomic mass is 31.2. The van der Waals surface area contributed by atoms with E-state index in [0.29, 0.717) is 12.8 Å². The third kappa shape index (κ3) is 40.0. The Hall–Kier alpha value is -2.82. The first-order chi connectivity index (χ1) is 28.1. The Morgan fingerprint density at radius 1 is 0.552 bits per heavy atom. The van der Waals surface area contributed by atoms with Crippen molar-refractivity contribution in [1.82, 2.24) is 0 Å². The molecule has 0 aliphatic rings.